The Balaban J connectivity index is 2.62. The zero-order valence-electron chi connectivity index (χ0n) is 7.58. The molecule has 74 valence electrons. The predicted octanol–water partition coefficient (Wildman–Crippen LogP) is 3.14. The highest BCUT2D eigenvalue weighted by atomic mass is 32.1. The van der Waals surface area contributed by atoms with Gasteiger partial charge in [0.2, 0.25) is 0 Å². The molecular formula is C10H9FO2S. The molecule has 0 bridgehead atoms. The summed E-state index contributed by atoms with van der Waals surface area (Å²) in [5.41, 5.74) is 0. The summed E-state index contributed by atoms with van der Waals surface area (Å²) >= 11 is 1.25. The van der Waals surface area contributed by atoms with Gasteiger partial charge in [0.05, 0.1) is 12.0 Å². The van der Waals surface area contributed by atoms with Crippen LogP contribution in [0.4, 0.5) is 4.39 Å². The van der Waals surface area contributed by atoms with E-state index in [0.717, 1.165) is 0 Å². The lowest BCUT2D eigenvalue weighted by Gasteiger charge is -2.03. The summed E-state index contributed by atoms with van der Waals surface area (Å²) in [5, 5.41) is 11.2. The highest BCUT2D eigenvalue weighted by molar-refractivity contribution is 7.17. The summed E-state index contributed by atoms with van der Waals surface area (Å²) < 4.78 is 19.1. The third kappa shape index (κ3) is 1.42. The quantitative estimate of drug-likeness (QED) is 0.828. The lowest BCUT2D eigenvalue weighted by Crippen LogP contribution is -1.90. The minimum Gasteiger partial charge on any atom is -0.507 e. The lowest BCUT2D eigenvalue weighted by molar-refractivity contribution is 0.338. The van der Waals surface area contributed by atoms with E-state index >= 15 is 0 Å². The Labute approximate surface area is 84.6 Å². The first-order chi connectivity index (χ1) is 6.72. The molecule has 1 heterocycles. The third-order valence-corrected chi connectivity index (χ3v) is 2.79. The van der Waals surface area contributed by atoms with Gasteiger partial charge in [0.1, 0.15) is 17.3 Å². The zero-order chi connectivity index (χ0) is 10.1. The second-order valence-corrected chi connectivity index (χ2v) is 3.74. The highest BCUT2D eigenvalue weighted by Gasteiger charge is 2.10. The fourth-order valence-electron chi connectivity index (χ4n) is 1.33. The van der Waals surface area contributed by atoms with Crippen molar-refractivity contribution >= 4 is 21.4 Å². The van der Waals surface area contributed by atoms with Gasteiger partial charge in [-0.3, -0.25) is 0 Å². The highest BCUT2D eigenvalue weighted by Crippen LogP contribution is 2.35. The van der Waals surface area contributed by atoms with E-state index in [1.165, 1.54) is 22.8 Å². The Morgan fingerprint density at radius 3 is 3.00 bits per heavy atom. The average molecular weight is 212 g/mol. The Morgan fingerprint density at radius 1 is 1.50 bits per heavy atom. The average Bonchev–Trinajstić information content (AvgIpc) is 2.48. The lowest BCUT2D eigenvalue weighted by atomic mass is 10.2. The number of aromatic hydroxyl groups is 1. The standard InChI is InChI=1S/C10H9FO2S/c1-2-13-6-3-8(12)10-7(11)5-14-9(10)4-6/h3-5,12H,2H2,1H3. The van der Waals surface area contributed by atoms with Gasteiger partial charge >= 0.3 is 0 Å². The van der Waals surface area contributed by atoms with Crippen molar-refractivity contribution in [2.24, 2.45) is 0 Å². The van der Waals surface area contributed by atoms with Crippen LogP contribution in [0.3, 0.4) is 0 Å². The van der Waals surface area contributed by atoms with Crippen LogP contribution in [0.15, 0.2) is 17.5 Å². The second kappa shape index (κ2) is 3.46. The first-order valence-electron chi connectivity index (χ1n) is 4.25. The number of phenols is 1. The molecule has 2 nitrogen and oxygen atoms in total. The summed E-state index contributed by atoms with van der Waals surface area (Å²) in [6, 6.07) is 3.16. The van der Waals surface area contributed by atoms with Crippen LogP contribution in [0.2, 0.25) is 0 Å². The van der Waals surface area contributed by atoms with Gasteiger partial charge in [-0.1, -0.05) is 0 Å². The van der Waals surface area contributed by atoms with Crippen molar-refractivity contribution < 1.29 is 14.2 Å². The molecule has 14 heavy (non-hydrogen) atoms. The molecule has 0 saturated heterocycles. The fourth-order valence-corrected chi connectivity index (χ4v) is 2.19. The number of ether oxygens (including phenoxy) is 1. The minimum absolute atomic E-state index is 0.0651. The van der Waals surface area contributed by atoms with Crippen molar-refractivity contribution in [2.45, 2.75) is 6.92 Å². The van der Waals surface area contributed by atoms with Gasteiger partial charge < -0.3 is 9.84 Å². The van der Waals surface area contributed by atoms with E-state index in [9.17, 15) is 9.50 Å². The van der Waals surface area contributed by atoms with Crippen LogP contribution in [0.25, 0.3) is 10.1 Å². The molecule has 1 aromatic carbocycles. The maximum absolute atomic E-state index is 13.1. The molecule has 2 rings (SSSR count). The first-order valence-corrected chi connectivity index (χ1v) is 5.13. The summed E-state index contributed by atoms with van der Waals surface area (Å²) in [4.78, 5) is 0. The van der Waals surface area contributed by atoms with Crippen LogP contribution in [-0.2, 0) is 0 Å². The molecule has 0 unspecified atom stereocenters. The summed E-state index contributed by atoms with van der Waals surface area (Å²) in [5.74, 6) is 0.120. The molecule has 0 aliphatic carbocycles. The molecule has 4 heteroatoms. The Hall–Kier alpha value is -1.29. The summed E-state index contributed by atoms with van der Waals surface area (Å²) in [6.45, 7) is 2.38. The van der Waals surface area contributed by atoms with Crippen LogP contribution in [0.1, 0.15) is 6.92 Å². The predicted molar refractivity (Wildman–Crippen MR) is 54.6 cm³/mol. The third-order valence-electron chi connectivity index (χ3n) is 1.89. The van der Waals surface area contributed by atoms with E-state index in [2.05, 4.69) is 0 Å². The number of fused-ring (bicyclic) bond motifs is 1. The molecule has 0 saturated carbocycles. The fraction of sp³-hybridized carbons (Fsp3) is 0.200. The molecular weight excluding hydrogens is 203 g/mol. The normalized spacial score (nSPS) is 10.7. The minimum atomic E-state index is -0.384. The van der Waals surface area contributed by atoms with Gasteiger partial charge in [0, 0.05) is 16.1 Å². The molecule has 0 aliphatic rings. The van der Waals surface area contributed by atoms with E-state index in [-0.39, 0.29) is 17.0 Å². The van der Waals surface area contributed by atoms with Crippen molar-refractivity contribution in [1.82, 2.24) is 0 Å². The van der Waals surface area contributed by atoms with Gasteiger partial charge in [0.15, 0.2) is 0 Å². The Morgan fingerprint density at radius 2 is 2.29 bits per heavy atom. The maximum atomic E-state index is 13.1. The van der Waals surface area contributed by atoms with Crippen molar-refractivity contribution in [1.29, 1.82) is 0 Å². The van der Waals surface area contributed by atoms with Crippen molar-refractivity contribution in [3.8, 4) is 11.5 Å². The van der Waals surface area contributed by atoms with Crippen molar-refractivity contribution in [3.05, 3.63) is 23.3 Å². The maximum Gasteiger partial charge on any atom is 0.145 e. The van der Waals surface area contributed by atoms with Gasteiger partial charge in [-0.15, -0.1) is 11.3 Å². The van der Waals surface area contributed by atoms with Crippen LogP contribution in [0.5, 0.6) is 11.5 Å². The Kier molecular flexibility index (Phi) is 2.29. The molecule has 0 spiro atoms. The molecule has 2 aromatic rings. The molecule has 0 radical (unpaired) electrons. The number of thiophene rings is 1. The van der Waals surface area contributed by atoms with Gasteiger partial charge in [-0.2, -0.15) is 0 Å². The summed E-state index contributed by atoms with van der Waals surface area (Å²) in [7, 11) is 0. The molecule has 0 aliphatic heterocycles. The van der Waals surface area contributed by atoms with Crippen molar-refractivity contribution in [3.63, 3.8) is 0 Å². The molecule has 1 N–H and O–H groups in total. The number of phenolic OH excluding ortho intramolecular Hbond substituents is 1. The van der Waals surface area contributed by atoms with Crippen LogP contribution < -0.4 is 4.74 Å². The van der Waals surface area contributed by atoms with Crippen LogP contribution in [0, 0.1) is 5.82 Å². The van der Waals surface area contributed by atoms with Gasteiger partial charge in [-0.25, -0.2) is 4.39 Å². The van der Waals surface area contributed by atoms with E-state index in [4.69, 9.17) is 4.74 Å². The van der Waals surface area contributed by atoms with E-state index in [0.29, 0.717) is 17.1 Å². The first kappa shape index (κ1) is 9.27. The molecule has 0 atom stereocenters. The van der Waals surface area contributed by atoms with E-state index in [1.54, 1.807) is 6.07 Å². The van der Waals surface area contributed by atoms with E-state index in [1.807, 2.05) is 6.92 Å². The monoisotopic (exact) mass is 212 g/mol. The zero-order valence-corrected chi connectivity index (χ0v) is 8.40. The molecule has 1 aromatic heterocycles. The summed E-state index contributed by atoms with van der Waals surface area (Å²) in [6.07, 6.45) is 0. The number of halogens is 1. The molecule has 0 amide bonds. The topological polar surface area (TPSA) is 29.5 Å². The molecule has 0 fully saturated rings. The van der Waals surface area contributed by atoms with Crippen LogP contribution in [-0.4, -0.2) is 11.7 Å². The van der Waals surface area contributed by atoms with Gasteiger partial charge in [-0.05, 0) is 13.0 Å². The van der Waals surface area contributed by atoms with Crippen LogP contribution >= 0.6 is 11.3 Å². The van der Waals surface area contributed by atoms with E-state index < -0.39 is 0 Å². The SMILES string of the molecule is CCOc1cc(O)c2c(F)csc2c1. The number of benzene rings is 1. The van der Waals surface area contributed by atoms with Gasteiger partial charge in [0.25, 0.3) is 0 Å². The Bertz CT molecular complexity index is 464. The second-order valence-electron chi connectivity index (χ2n) is 2.83. The van der Waals surface area contributed by atoms with Crippen molar-refractivity contribution in [2.75, 3.05) is 6.61 Å². The number of rotatable bonds is 2. The largest absolute Gasteiger partial charge is 0.507 e. The smallest absolute Gasteiger partial charge is 0.145 e. The number of hydrogen-bond acceptors (Lipinski definition) is 3. The number of hydrogen-bond donors (Lipinski definition) is 1.